The van der Waals surface area contributed by atoms with E-state index in [1.54, 1.807) is 37.5 Å². The van der Waals surface area contributed by atoms with Gasteiger partial charge in [0.05, 0.1) is 24.0 Å². The van der Waals surface area contributed by atoms with Gasteiger partial charge in [0.15, 0.2) is 0 Å². The lowest BCUT2D eigenvalue weighted by Crippen LogP contribution is -2.41. The number of hydrogen-bond donors (Lipinski definition) is 0. The Morgan fingerprint density at radius 3 is 2.21 bits per heavy atom. The summed E-state index contributed by atoms with van der Waals surface area (Å²) in [5.74, 6) is -0.703. The normalized spacial score (nSPS) is 14.7. The van der Waals surface area contributed by atoms with Crippen LogP contribution in [0.4, 0.5) is 18.9 Å². The Balaban J connectivity index is 1.67. The van der Waals surface area contributed by atoms with Crippen LogP contribution in [-0.4, -0.2) is 23.5 Å². The Bertz CT molecular complexity index is 1620. The van der Waals surface area contributed by atoms with E-state index in [1.807, 2.05) is 48.7 Å². The number of halogens is 3. The van der Waals surface area contributed by atoms with E-state index < -0.39 is 23.6 Å². The highest BCUT2D eigenvalue weighted by Crippen LogP contribution is 2.37. The van der Waals surface area contributed by atoms with Crippen LogP contribution in [0.3, 0.4) is 0 Å². The van der Waals surface area contributed by atoms with E-state index >= 15 is 0 Å². The number of alkyl halides is 3. The molecule has 0 saturated heterocycles. The molecule has 0 fully saturated rings. The quantitative estimate of drug-likeness (QED) is 0.220. The summed E-state index contributed by atoms with van der Waals surface area (Å²) in [6.45, 7) is 3.83. The van der Waals surface area contributed by atoms with Crippen molar-refractivity contribution in [3.05, 3.63) is 113 Å². The van der Waals surface area contributed by atoms with Gasteiger partial charge in [0.2, 0.25) is 0 Å². The van der Waals surface area contributed by atoms with Crippen molar-refractivity contribution in [1.82, 2.24) is 4.57 Å². The van der Waals surface area contributed by atoms with Gasteiger partial charge in [-0.1, -0.05) is 36.4 Å². The number of amides is 2. The standard InChI is InChI=1S/C30H23F3N2O3/c1-18-15-20(19(2)34(18)26-13-6-7-14-27(26)38-3)16-25-23-11-4-5-12-24(23)28(36)35(29(25)37)22-10-8-9-21(17-22)30(31,32)33/h4-17H,1-3H3/b25-16-. The molecule has 8 heteroatoms. The zero-order valence-corrected chi connectivity index (χ0v) is 20.8. The second-order valence-electron chi connectivity index (χ2n) is 8.93. The van der Waals surface area contributed by atoms with Crippen molar-refractivity contribution < 1.29 is 27.5 Å². The molecule has 1 aliphatic rings. The number of para-hydroxylation sites is 2. The molecule has 192 valence electrons. The zero-order valence-electron chi connectivity index (χ0n) is 20.8. The number of aromatic nitrogens is 1. The van der Waals surface area contributed by atoms with E-state index in [4.69, 9.17) is 4.74 Å². The third-order valence-corrected chi connectivity index (χ3v) is 6.61. The van der Waals surface area contributed by atoms with Gasteiger partial charge in [0.25, 0.3) is 11.8 Å². The predicted octanol–water partition coefficient (Wildman–Crippen LogP) is 6.85. The lowest BCUT2D eigenvalue weighted by molar-refractivity contribution is -0.137. The van der Waals surface area contributed by atoms with Gasteiger partial charge in [-0.15, -0.1) is 0 Å². The molecule has 0 spiro atoms. The molecule has 0 bridgehead atoms. The first-order chi connectivity index (χ1) is 18.1. The van der Waals surface area contributed by atoms with E-state index in [0.29, 0.717) is 11.3 Å². The highest BCUT2D eigenvalue weighted by atomic mass is 19.4. The molecule has 0 unspecified atom stereocenters. The Hall–Kier alpha value is -4.59. The Morgan fingerprint density at radius 1 is 0.816 bits per heavy atom. The van der Waals surface area contributed by atoms with E-state index in [0.717, 1.165) is 39.7 Å². The van der Waals surface area contributed by atoms with Crippen LogP contribution >= 0.6 is 0 Å². The molecule has 0 saturated carbocycles. The number of carbonyl (C=O) groups excluding carboxylic acids is 2. The molecule has 5 rings (SSSR count). The molecule has 2 heterocycles. The van der Waals surface area contributed by atoms with Crippen LogP contribution in [0.5, 0.6) is 5.75 Å². The average molecular weight is 517 g/mol. The smallest absolute Gasteiger partial charge is 0.416 e. The number of imide groups is 1. The third-order valence-electron chi connectivity index (χ3n) is 6.61. The molecule has 4 aromatic rings. The molecule has 0 radical (unpaired) electrons. The maximum absolute atomic E-state index is 13.8. The SMILES string of the molecule is COc1ccccc1-n1c(C)cc(/C=C2\C(=O)N(c3cccc(C(F)(F)F)c3)C(=O)c3ccccc32)c1C. The van der Waals surface area contributed by atoms with Crippen molar-refractivity contribution in [1.29, 1.82) is 0 Å². The largest absolute Gasteiger partial charge is 0.495 e. The van der Waals surface area contributed by atoms with Crippen LogP contribution in [0.25, 0.3) is 17.3 Å². The van der Waals surface area contributed by atoms with Crippen molar-refractivity contribution in [2.45, 2.75) is 20.0 Å². The molecule has 2 amide bonds. The molecule has 0 atom stereocenters. The van der Waals surface area contributed by atoms with E-state index in [-0.39, 0.29) is 16.8 Å². The van der Waals surface area contributed by atoms with Gasteiger partial charge in [-0.25, -0.2) is 4.90 Å². The van der Waals surface area contributed by atoms with Crippen molar-refractivity contribution in [2.75, 3.05) is 12.0 Å². The molecule has 1 aliphatic heterocycles. The fraction of sp³-hybridized carbons (Fsp3) is 0.133. The first kappa shape index (κ1) is 25.1. The summed E-state index contributed by atoms with van der Waals surface area (Å²) in [7, 11) is 1.59. The fourth-order valence-electron chi connectivity index (χ4n) is 4.82. The molecule has 38 heavy (non-hydrogen) atoms. The lowest BCUT2D eigenvalue weighted by Gasteiger charge is -2.29. The number of hydrogen-bond acceptors (Lipinski definition) is 3. The Morgan fingerprint density at radius 2 is 1.50 bits per heavy atom. The van der Waals surface area contributed by atoms with Gasteiger partial charge in [-0.3, -0.25) is 9.59 Å². The number of anilines is 1. The second-order valence-corrected chi connectivity index (χ2v) is 8.93. The minimum absolute atomic E-state index is 0.144. The number of ether oxygens (including phenoxy) is 1. The van der Waals surface area contributed by atoms with Crippen molar-refractivity contribution in [3.63, 3.8) is 0 Å². The summed E-state index contributed by atoms with van der Waals surface area (Å²) in [6, 6.07) is 20.3. The average Bonchev–Trinajstić information content (AvgIpc) is 3.18. The van der Waals surface area contributed by atoms with Gasteiger partial charge < -0.3 is 9.30 Å². The van der Waals surface area contributed by atoms with E-state index in [1.165, 1.54) is 12.1 Å². The molecule has 1 aromatic heterocycles. The predicted molar refractivity (Wildman–Crippen MR) is 139 cm³/mol. The molecular formula is C30H23F3N2O3. The number of benzene rings is 3. The Labute approximate surface area is 217 Å². The van der Waals surface area contributed by atoms with E-state index in [2.05, 4.69) is 0 Å². The number of aryl methyl sites for hydroxylation is 1. The van der Waals surface area contributed by atoms with Gasteiger partial charge in [-0.2, -0.15) is 13.2 Å². The lowest BCUT2D eigenvalue weighted by atomic mass is 9.91. The second kappa shape index (κ2) is 9.37. The summed E-state index contributed by atoms with van der Waals surface area (Å²) < 4.78 is 47.7. The number of carbonyl (C=O) groups is 2. The van der Waals surface area contributed by atoms with Crippen molar-refractivity contribution in [3.8, 4) is 11.4 Å². The molecule has 0 aliphatic carbocycles. The minimum Gasteiger partial charge on any atom is -0.495 e. The first-order valence-corrected chi connectivity index (χ1v) is 11.8. The molecule has 5 nitrogen and oxygen atoms in total. The minimum atomic E-state index is -4.62. The van der Waals surface area contributed by atoms with Crippen LogP contribution < -0.4 is 9.64 Å². The maximum atomic E-state index is 13.8. The summed E-state index contributed by atoms with van der Waals surface area (Å²) in [4.78, 5) is 27.9. The highest BCUT2D eigenvalue weighted by molar-refractivity contribution is 6.43. The van der Waals surface area contributed by atoms with Crippen LogP contribution in [-0.2, 0) is 11.0 Å². The summed E-state index contributed by atoms with van der Waals surface area (Å²) in [5, 5.41) is 0. The highest BCUT2D eigenvalue weighted by Gasteiger charge is 2.37. The van der Waals surface area contributed by atoms with Crippen LogP contribution in [0.2, 0.25) is 0 Å². The van der Waals surface area contributed by atoms with Gasteiger partial charge in [0, 0.05) is 22.5 Å². The summed E-state index contributed by atoms with van der Waals surface area (Å²) in [5.41, 5.74) is 3.04. The van der Waals surface area contributed by atoms with Crippen LogP contribution in [0, 0.1) is 13.8 Å². The fourth-order valence-corrected chi connectivity index (χ4v) is 4.82. The maximum Gasteiger partial charge on any atom is 0.416 e. The van der Waals surface area contributed by atoms with Gasteiger partial charge >= 0.3 is 6.18 Å². The monoisotopic (exact) mass is 516 g/mol. The number of methoxy groups -OCH3 is 1. The van der Waals surface area contributed by atoms with Gasteiger partial charge in [0.1, 0.15) is 5.75 Å². The summed E-state index contributed by atoms with van der Waals surface area (Å²) in [6.07, 6.45) is -2.94. The topological polar surface area (TPSA) is 51.5 Å². The summed E-state index contributed by atoms with van der Waals surface area (Å²) >= 11 is 0. The number of fused-ring (bicyclic) bond motifs is 1. The van der Waals surface area contributed by atoms with Gasteiger partial charge in [-0.05, 0) is 73.5 Å². The zero-order chi connectivity index (χ0) is 27.2. The Kier molecular flexibility index (Phi) is 6.18. The van der Waals surface area contributed by atoms with Crippen molar-refractivity contribution in [2.24, 2.45) is 0 Å². The van der Waals surface area contributed by atoms with Crippen LogP contribution in [0.15, 0.2) is 78.9 Å². The molecule has 0 N–H and O–H groups in total. The third kappa shape index (κ3) is 4.18. The molecule has 3 aromatic carbocycles. The first-order valence-electron chi connectivity index (χ1n) is 11.8. The van der Waals surface area contributed by atoms with E-state index in [9.17, 15) is 22.8 Å². The molecular weight excluding hydrogens is 493 g/mol. The van der Waals surface area contributed by atoms with Crippen LogP contribution in [0.1, 0.15) is 38.4 Å². The number of rotatable bonds is 4. The van der Waals surface area contributed by atoms with Crippen molar-refractivity contribution >= 4 is 29.2 Å². The number of nitrogens with zero attached hydrogens (tertiary/aromatic N) is 2.